The van der Waals surface area contributed by atoms with Crippen LogP contribution in [0.2, 0.25) is 0 Å². The maximum atomic E-state index is 13.5. The Morgan fingerprint density at radius 3 is 2.70 bits per heavy atom. The number of aromatic nitrogens is 2. The smallest absolute Gasteiger partial charge is 0.255 e. The number of benzene rings is 2. The number of amides is 1. The standard InChI is InChI=1S/C24H24FN5O3/c1-32-21-7-6-17(25)12-19(21)24(31)28-14-15-2-4-16(5-3-15)22-20(13-26)23(27)30(29-22)18-8-10-33-11-9-18/h2-7,12,18H,8-11,14,27H2,1H3,(H,28,31). The minimum absolute atomic E-state index is 0.105. The molecule has 3 aromatic rings. The number of carbonyl (C=O) groups is 1. The Morgan fingerprint density at radius 1 is 1.30 bits per heavy atom. The van der Waals surface area contributed by atoms with Crippen molar-refractivity contribution in [2.45, 2.75) is 25.4 Å². The lowest BCUT2D eigenvalue weighted by Crippen LogP contribution is -2.23. The summed E-state index contributed by atoms with van der Waals surface area (Å²) in [6, 6.07) is 13.4. The first-order valence-corrected chi connectivity index (χ1v) is 10.6. The Labute approximate surface area is 190 Å². The maximum absolute atomic E-state index is 13.5. The molecule has 0 spiro atoms. The summed E-state index contributed by atoms with van der Waals surface area (Å²) >= 11 is 0. The van der Waals surface area contributed by atoms with E-state index in [-0.39, 0.29) is 18.2 Å². The largest absolute Gasteiger partial charge is 0.496 e. The summed E-state index contributed by atoms with van der Waals surface area (Å²) in [5.41, 5.74) is 8.83. The molecular formula is C24H24FN5O3. The molecule has 8 nitrogen and oxygen atoms in total. The lowest BCUT2D eigenvalue weighted by molar-refractivity contribution is 0.0669. The second-order valence-corrected chi connectivity index (χ2v) is 7.73. The average Bonchev–Trinajstić information content (AvgIpc) is 3.19. The number of nitrogens with zero attached hydrogens (tertiary/aromatic N) is 3. The van der Waals surface area contributed by atoms with E-state index in [4.69, 9.17) is 15.2 Å². The van der Waals surface area contributed by atoms with Gasteiger partial charge in [0.1, 0.15) is 34.7 Å². The lowest BCUT2D eigenvalue weighted by Gasteiger charge is -2.23. The number of nitrogens with one attached hydrogen (secondary N) is 1. The fourth-order valence-corrected chi connectivity index (χ4v) is 3.88. The van der Waals surface area contributed by atoms with Crippen LogP contribution in [0.1, 0.15) is 40.4 Å². The van der Waals surface area contributed by atoms with Crippen LogP contribution in [0.3, 0.4) is 0 Å². The van der Waals surface area contributed by atoms with Gasteiger partial charge in [-0.25, -0.2) is 9.07 Å². The number of halogens is 1. The molecule has 1 amide bonds. The highest BCUT2D eigenvalue weighted by molar-refractivity contribution is 5.96. The molecule has 3 N–H and O–H groups in total. The molecule has 0 unspecified atom stereocenters. The third kappa shape index (κ3) is 4.66. The van der Waals surface area contributed by atoms with E-state index < -0.39 is 11.7 Å². The SMILES string of the molecule is COc1ccc(F)cc1C(=O)NCc1ccc(-c2nn(C3CCOCC3)c(N)c2C#N)cc1. The van der Waals surface area contributed by atoms with Gasteiger partial charge in [0.25, 0.3) is 5.91 Å². The second-order valence-electron chi connectivity index (χ2n) is 7.73. The van der Waals surface area contributed by atoms with Crippen LogP contribution in [0.5, 0.6) is 5.75 Å². The minimum atomic E-state index is -0.516. The molecule has 1 saturated heterocycles. The average molecular weight is 449 g/mol. The van der Waals surface area contributed by atoms with Gasteiger partial charge in [0.05, 0.1) is 18.7 Å². The summed E-state index contributed by atoms with van der Waals surface area (Å²) in [6.07, 6.45) is 1.59. The zero-order valence-electron chi connectivity index (χ0n) is 18.2. The Kier molecular flexibility index (Phi) is 6.56. The van der Waals surface area contributed by atoms with E-state index in [0.717, 1.165) is 30.0 Å². The van der Waals surface area contributed by atoms with Crippen LogP contribution in [0.4, 0.5) is 10.2 Å². The van der Waals surface area contributed by atoms with Crippen LogP contribution >= 0.6 is 0 Å². The van der Waals surface area contributed by atoms with Crippen molar-refractivity contribution < 1.29 is 18.7 Å². The Bertz CT molecular complexity index is 1190. The van der Waals surface area contributed by atoms with E-state index in [1.54, 1.807) is 4.68 Å². The fourth-order valence-electron chi connectivity index (χ4n) is 3.88. The summed E-state index contributed by atoms with van der Waals surface area (Å²) in [5.74, 6) is -0.297. The summed E-state index contributed by atoms with van der Waals surface area (Å²) in [6.45, 7) is 1.52. The molecule has 0 bridgehead atoms. The van der Waals surface area contributed by atoms with Crippen LogP contribution in [-0.2, 0) is 11.3 Å². The number of hydrogen-bond acceptors (Lipinski definition) is 6. The molecule has 0 radical (unpaired) electrons. The first kappa shape index (κ1) is 22.3. The molecule has 2 aromatic carbocycles. The van der Waals surface area contributed by atoms with E-state index in [0.29, 0.717) is 36.0 Å². The quantitative estimate of drug-likeness (QED) is 0.596. The number of methoxy groups -OCH3 is 1. The summed E-state index contributed by atoms with van der Waals surface area (Å²) in [4.78, 5) is 12.5. The van der Waals surface area contributed by atoms with Crippen LogP contribution in [0.25, 0.3) is 11.3 Å². The molecule has 2 heterocycles. The van der Waals surface area contributed by atoms with Gasteiger partial charge >= 0.3 is 0 Å². The van der Waals surface area contributed by atoms with Crippen LogP contribution < -0.4 is 15.8 Å². The number of nitriles is 1. The third-order valence-electron chi connectivity index (χ3n) is 5.68. The molecule has 0 aliphatic carbocycles. The Balaban J connectivity index is 1.49. The first-order valence-electron chi connectivity index (χ1n) is 10.6. The minimum Gasteiger partial charge on any atom is -0.496 e. The highest BCUT2D eigenvalue weighted by Crippen LogP contribution is 2.32. The number of nitrogens with two attached hydrogens (primary N) is 1. The van der Waals surface area contributed by atoms with E-state index in [9.17, 15) is 14.4 Å². The van der Waals surface area contributed by atoms with E-state index in [2.05, 4.69) is 16.5 Å². The number of ether oxygens (including phenoxy) is 2. The predicted octanol–water partition coefficient (Wildman–Crippen LogP) is 3.43. The molecule has 170 valence electrons. The van der Waals surface area contributed by atoms with Gasteiger partial charge in [-0.05, 0) is 36.6 Å². The van der Waals surface area contributed by atoms with Gasteiger partial charge in [0, 0.05) is 25.3 Å². The Morgan fingerprint density at radius 2 is 2.03 bits per heavy atom. The highest BCUT2D eigenvalue weighted by Gasteiger charge is 2.24. The third-order valence-corrected chi connectivity index (χ3v) is 5.68. The molecule has 1 aromatic heterocycles. The van der Waals surface area contributed by atoms with Gasteiger partial charge < -0.3 is 20.5 Å². The number of hydrogen-bond donors (Lipinski definition) is 2. The second kappa shape index (κ2) is 9.71. The molecule has 9 heteroatoms. The Hall–Kier alpha value is -3.90. The van der Waals surface area contributed by atoms with Crippen molar-refractivity contribution in [1.82, 2.24) is 15.1 Å². The van der Waals surface area contributed by atoms with E-state index in [1.165, 1.54) is 19.2 Å². The molecule has 4 rings (SSSR count). The van der Waals surface area contributed by atoms with Gasteiger partial charge in [-0.15, -0.1) is 0 Å². The van der Waals surface area contributed by atoms with Crippen LogP contribution in [0, 0.1) is 17.1 Å². The van der Waals surface area contributed by atoms with E-state index >= 15 is 0 Å². The topological polar surface area (TPSA) is 115 Å². The zero-order chi connectivity index (χ0) is 23.4. The van der Waals surface area contributed by atoms with Crippen molar-refractivity contribution >= 4 is 11.7 Å². The molecule has 0 atom stereocenters. The van der Waals surface area contributed by atoms with Gasteiger partial charge in [-0.1, -0.05) is 24.3 Å². The molecule has 1 fully saturated rings. The van der Waals surface area contributed by atoms with Crippen molar-refractivity contribution in [2.75, 3.05) is 26.1 Å². The fraction of sp³-hybridized carbons (Fsp3) is 0.292. The lowest BCUT2D eigenvalue weighted by atomic mass is 10.1. The first-order chi connectivity index (χ1) is 16.0. The summed E-state index contributed by atoms with van der Waals surface area (Å²) in [7, 11) is 1.42. The monoisotopic (exact) mass is 449 g/mol. The van der Waals surface area contributed by atoms with Gasteiger partial charge in [-0.2, -0.15) is 10.4 Å². The van der Waals surface area contributed by atoms with Gasteiger partial charge in [-0.3, -0.25) is 4.79 Å². The molecule has 0 saturated carbocycles. The highest BCUT2D eigenvalue weighted by atomic mass is 19.1. The van der Waals surface area contributed by atoms with Crippen LogP contribution in [-0.4, -0.2) is 36.0 Å². The normalized spacial score (nSPS) is 14.0. The molecular weight excluding hydrogens is 425 g/mol. The van der Waals surface area contributed by atoms with E-state index in [1.807, 2.05) is 24.3 Å². The van der Waals surface area contributed by atoms with Crippen molar-refractivity contribution in [3.05, 3.63) is 65.0 Å². The number of anilines is 1. The molecule has 33 heavy (non-hydrogen) atoms. The van der Waals surface area contributed by atoms with Crippen molar-refractivity contribution in [3.8, 4) is 23.1 Å². The number of nitrogen functional groups attached to an aromatic ring is 1. The van der Waals surface area contributed by atoms with Gasteiger partial charge in [0.2, 0.25) is 0 Å². The number of rotatable bonds is 6. The van der Waals surface area contributed by atoms with Crippen molar-refractivity contribution in [3.63, 3.8) is 0 Å². The zero-order valence-corrected chi connectivity index (χ0v) is 18.2. The molecule has 1 aliphatic rings. The molecule has 1 aliphatic heterocycles. The van der Waals surface area contributed by atoms with Crippen molar-refractivity contribution in [2.24, 2.45) is 0 Å². The van der Waals surface area contributed by atoms with Crippen molar-refractivity contribution in [1.29, 1.82) is 5.26 Å². The number of carbonyl (C=O) groups excluding carboxylic acids is 1. The van der Waals surface area contributed by atoms with Crippen LogP contribution in [0.15, 0.2) is 42.5 Å². The summed E-state index contributed by atoms with van der Waals surface area (Å²) < 4.78 is 25.8. The summed E-state index contributed by atoms with van der Waals surface area (Å²) in [5, 5.41) is 17.1. The predicted molar refractivity (Wildman–Crippen MR) is 120 cm³/mol. The van der Waals surface area contributed by atoms with Gasteiger partial charge in [0.15, 0.2) is 0 Å². The maximum Gasteiger partial charge on any atom is 0.255 e.